The Morgan fingerprint density at radius 2 is 0.841 bits per heavy atom. The van der Waals surface area contributed by atoms with Crippen LogP contribution in [0, 0.1) is 0 Å². The van der Waals surface area contributed by atoms with Crippen molar-refractivity contribution >= 4 is 44.5 Å². The van der Waals surface area contributed by atoms with Crippen molar-refractivity contribution in [1.82, 2.24) is 9.97 Å². The Bertz CT molecular complexity index is 2800. The SMILES string of the molecule is CN1/C(=C\C(=O)c2ccccn2)C(C)(Cc2ccccc2)c2c1ccc1ccccc21.CN1/C(=C\C(=O)c2ccccn2)C(C)(Cc2ccccc2)c2c1ccc1ccccc21.[Cu]. The van der Waals surface area contributed by atoms with Gasteiger partial charge in [0.25, 0.3) is 0 Å². The average molecular weight is 873 g/mol. The Morgan fingerprint density at radius 3 is 1.22 bits per heavy atom. The molecule has 0 fully saturated rings. The van der Waals surface area contributed by atoms with Gasteiger partial charge in [0.05, 0.1) is 0 Å². The Morgan fingerprint density at radius 1 is 0.476 bits per heavy atom. The third-order valence-corrected chi connectivity index (χ3v) is 12.7. The van der Waals surface area contributed by atoms with E-state index in [4.69, 9.17) is 0 Å². The van der Waals surface area contributed by atoms with Crippen LogP contribution in [0.25, 0.3) is 21.5 Å². The third-order valence-electron chi connectivity index (χ3n) is 12.7. The van der Waals surface area contributed by atoms with Crippen LogP contribution in [0.1, 0.15) is 57.1 Å². The standard InChI is InChI=1S/2C28H24N2O.Cu/c2*1-28(19-20-10-4-3-5-11-20)26(18-25(31)23-14-8-9-17-29-23)30(2)24-16-15-21-12-6-7-13-22(21)27(24)28;/h2*3-18H,19H2,1-2H3;/b2*26-18-;. The van der Waals surface area contributed by atoms with E-state index in [2.05, 4.69) is 169 Å². The number of carbonyl (C=O) groups excluding carboxylic acids is 2. The Hall–Kier alpha value is -6.92. The molecule has 4 heterocycles. The van der Waals surface area contributed by atoms with Gasteiger partial charge in [-0.2, -0.15) is 0 Å². The summed E-state index contributed by atoms with van der Waals surface area (Å²) in [4.78, 5) is 39.1. The molecule has 0 bridgehead atoms. The molecule has 0 saturated carbocycles. The molecule has 10 rings (SSSR count). The van der Waals surface area contributed by atoms with Gasteiger partial charge in [0.15, 0.2) is 0 Å². The second kappa shape index (κ2) is 17.8. The number of carbonyl (C=O) groups is 2. The van der Waals surface area contributed by atoms with Gasteiger partial charge in [-0.05, 0) is 107 Å². The normalized spacial score (nSPS) is 18.7. The number of benzene rings is 6. The van der Waals surface area contributed by atoms with Crippen LogP contribution < -0.4 is 9.80 Å². The first-order valence-electron chi connectivity index (χ1n) is 21.1. The quantitative estimate of drug-likeness (QED) is 0.0861. The van der Waals surface area contributed by atoms with E-state index in [1.807, 2.05) is 36.4 Å². The molecule has 2 aliphatic heterocycles. The summed E-state index contributed by atoms with van der Waals surface area (Å²) in [5, 5.41) is 4.90. The number of pyridine rings is 2. The maximum atomic E-state index is 13.1. The number of aromatic nitrogens is 2. The van der Waals surface area contributed by atoms with Gasteiger partial charge in [0.1, 0.15) is 11.4 Å². The van der Waals surface area contributed by atoms with Crippen LogP contribution >= 0.6 is 0 Å². The van der Waals surface area contributed by atoms with E-state index in [0.29, 0.717) is 11.4 Å². The molecule has 6 aromatic carbocycles. The second-order valence-electron chi connectivity index (χ2n) is 16.7. The van der Waals surface area contributed by atoms with Crippen LogP contribution in [0.3, 0.4) is 0 Å². The van der Waals surface area contributed by atoms with Crippen LogP contribution in [0.2, 0.25) is 0 Å². The van der Waals surface area contributed by atoms with Crippen molar-refractivity contribution in [1.29, 1.82) is 0 Å². The smallest absolute Gasteiger partial charge is 0.205 e. The molecule has 0 aliphatic carbocycles. The van der Waals surface area contributed by atoms with Crippen molar-refractivity contribution in [2.75, 3.05) is 23.9 Å². The number of allylic oxidation sites excluding steroid dienone is 4. The molecule has 0 N–H and O–H groups in total. The summed E-state index contributed by atoms with van der Waals surface area (Å²) < 4.78 is 0. The molecule has 7 heteroatoms. The first-order valence-corrected chi connectivity index (χ1v) is 21.1. The van der Waals surface area contributed by atoms with Crippen LogP contribution in [0.15, 0.2) is 206 Å². The van der Waals surface area contributed by atoms with Crippen molar-refractivity contribution < 1.29 is 26.7 Å². The molecule has 0 spiro atoms. The first kappa shape index (κ1) is 42.8. The zero-order valence-electron chi connectivity index (χ0n) is 35.8. The summed E-state index contributed by atoms with van der Waals surface area (Å²) in [6, 6.07) is 57.6. The van der Waals surface area contributed by atoms with Crippen molar-refractivity contribution in [3.8, 4) is 0 Å². The third kappa shape index (κ3) is 8.02. The molecular formula is C56H48CuN4O2. The molecule has 6 nitrogen and oxygen atoms in total. The predicted octanol–water partition coefficient (Wildman–Crippen LogP) is 11.9. The summed E-state index contributed by atoms with van der Waals surface area (Å²) in [6.45, 7) is 4.51. The number of anilines is 2. The van der Waals surface area contributed by atoms with Crippen LogP contribution in [-0.2, 0) is 40.7 Å². The fourth-order valence-corrected chi connectivity index (χ4v) is 9.79. The number of hydrogen-bond donors (Lipinski definition) is 0. The molecule has 315 valence electrons. The number of hydrogen-bond acceptors (Lipinski definition) is 6. The minimum Gasteiger partial charge on any atom is -0.347 e. The molecule has 2 aromatic heterocycles. The number of ketones is 2. The van der Waals surface area contributed by atoms with Crippen LogP contribution in [0.4, 0.5) is 11.4 Å². The molecule has 0 saturated heterocycles. The largest absolute Gasteiger partial charge is 0.347 e. The molecule has 0 amide bonds. The zero-order valence-corrected chi connectivity index (χ0v) is 36.7. The van der Waals surface area contributed by atoms with Crippen molar-refractivity contribution in [3.05, 3.63) is 239 Å². The molecule has 63 heavy (non-hydrogen) atoms. The van der Waals surface area contributed by atoms with Crippen LogP contribution in [0.5, 0.6) is 0 Å². The van der Waals surface area contributed by atoms with Gasteiger partial charge in [0.2, 0.25) is 11.6 Å². The van der Waals surface area contributed by atoms with Gasteiger partial charge in [-0.25, -0.2) is 0 Å². The molecule has 2 atom stereocenters. The number of likely N-dealkylation sites (N-methyl/N-ethyl adjacent to an activating group) is 2. The van der Waals surface area contributed by atoms with Gasteiger partial charge in [-0.1, -0.05) is 133 Å². The molecular weight excluding hydrogens is 824 g/mol. The van der Waals surface area contributed by atoms with Crippen LogP contribution in [-0.4, -0.2) is 35.6 Å². The second-order valence-corrected chi connectivity index (χ2v) is 16.7. The summed E-state index contributed by atoms with van der Waals surface area (Å²) in [5.41, 5.74) is 9.57. The van der Waals surface area contributed by atoms with E-state index in [1.165, 1.54) is 43.8 Å². The fourth-order valence-electron chi connectivity index (χ4n) is 9.79. The number of rotatable bonds is 8. The Balaban J connectivity index is 0.000000170. The maximum absolute atomic E-state index is 13.1. The van der Waals surface area contributed by atoms with Gasteiger partial charge in [-0.15, -0.1) is 0 Å². The maximum Gasteiger partial charge on any atom is 0.205 e. The summed E-state index contributed by atoms with van der Waals surface area (Å²) in [6.07, 6.45) is 8.49. The van der Waals surface area contributed by atoms with Gasteiger partial charge in [0, 0.05) is 89.3 Å². The summed E-state index contributed by atoms with van der Waals surface area (Å²) in [5.74, 6) is -0.141. The zero-order chi connectivity index (χ0) is 42.8. The number of fused-ring (bicyclic) bond motifs is 6. The predicted molar refractivity (Wildman–Crippen MR) is 253 cm³/mol. The summed E-state index contributed by atoms with van der Waals surface area (Å²) in [7, 11) is 4.11. The van der Waals surface area contributed by atoms with Gasteiger partial charge >= 0.3 is 0 Å². The summed E-state index contributed by atoms with van der Waals surface area (Å²) >= 11 is 0. The number of nitrogens with zero attached hydrogens (tertiary/aromatic N) is 4. The van der Waals surface area contributed by atoms with Gasteiger partial charge < -0.3 is 9.80 Å². The van der Waals surface area contributed by atoms with Gasteiger partial charge in [-0.3, -0.25) is 19.6 Å². The average Bonchev–Trinajstić information content (AvgIpc) is 3.65. The van der Waals surface area contributed by atoms with E-state index in [9.17, 15) is 9.59 Å². The Kier molecular flexibility index (Phi) is 12.1. The van der Waals surface area contributed by atoms with E-state index < -0.39 is 0 Å². The minimum atomic E-state index is -0.350. The van der Waals surface area contributed by atoms with E-state index in [0.717, 1.165) is 35.6 Å². The fraction of sp³-hybridized carbons (Fsp3) is 0.143. The first-order chi connectivity index (χ1) is 30.2. The molecule has 2 unspecified atom stereocenters. The monoisotopic (exact) mass is 871 g/mol. The topological polar surface area (TPSA) is 66.4 Å². The van der Waals surface area contributed by atoms with Crippen molar-refractivity contribution in [3.63, 3.8) is 0 Å². The van der Waals surface area contributed by atoms with E-state index >= 15 is 0 Å². The Labute approximate surface area is 380 Å². The molecule has 1 radical (unpaired) electrons. The minimum absolute atomic E-state index is 0. The van der Waals surface area contributed by atoms with Crippen molar-refractivity contribution in [2.45, 2.75) is 37.5 Å². The molecule has 2 aliphatic rings. The van der Waals surface area contributed by atoms with E-state index in [-0.39, 0.29) is 39.5 Å². The van der Waals surface area contributed by atoms with Crippen molar-refractivity contribution in [2.24, 2.45) is 0 Å². The van der Waals surface area contributed by atoms with E-state index in [1.54, 1.807) is 36.7 Å². The molecule has 8 aromatic rings.